The maximum Gasteiger partial charge on any atom is 0.410 e. The molecule has 1 aliphatic rings. The summed E-state index contributed by atoms with van der Waals surface area (Å²) in [5, 5.41) is 0. The summed E-state index contributed by atoms with van der Waals surface area (Å²) in [6, 6.07) is 9.61. The van der Waals surface area contributed by atoms with Crippen LogP contribution in [0.15, 0.2) is 30.3 Å². The Morgan fingerprint density at radius 3 is 2.57 bits per heavy atom. The minimum atomic E-state index is -0.509. The Labute approximate surface area is 137 Å². The lowest BCUT2D eigenvalue weighted by Gasteiger charge is -2.25. The van der Waals surface area contributed by atoms with E-state index in [9.17, 15) is 9.59 Å². The van der Waals surface area contributed by atoms with Gasteiger partial charge in [0.05, 0.1) is 12.0 Å². The summed E-state index contributed by atoms with van der Waals surface area (Å²) in [6.45, 7) is 5.52. The molecule has 2 rings (SSSR count). The smallest absolute Gasteiger partial charge is 0.410 e. The minimum Gasteiger partial charge on any atom is -0.466 e. The number of benzene rings is 1. The normalized spacial score (nSPS) is 21.4. The number of ether oxygens (including phenoxy) is 2. The molecule has 5 nitrogen and oxygen atoms in total. The highest BCUT2D eigenvalue weighted by molar-refractivity contribution is 5.76. The zero-order chi connectivity index (χ0) is 16.7. The lowest BCUT2D eigenvalue weighted by molar-refractivity contribution is -0.155. The molecule has 0 aliphatic carbocycles. The molecule has 1 fully saturated rings. The Morgan fingerprint density at radius 1 is 1.13 bits per heavy atom. The second-order valence-corrected chi connectivity index (χ2v) is 6.16. The number of hydrogen-bond acceptors (Lipinski definition) is 4. The molecule has 0 saturated carbocycles. The maximum absolute atomic E-state index is 12.2. The predicted molar refractivity (Wildman–Crippen MR) is 86.8 cm³/mol. The molecule has 1 amide bonds. The quantitative estimate of drug-likeness (QED) is 0.798. The van der Waals surface area contributed by atoms with Crippen LogP contribution in [0.4, 0.5) is 4.79 Å². The van der Waals surface area contributed by atoms with Gasteiger partial charge in [-0.25, -0.2) is 4.79 Å². The van der Waals surface area contributed by atoms with Gasteiger partial charge in [0.15, 0.2) is 0 Å². The third-order valence-corrected chi connectivity index (χ3v) is 4.32. The highest BCUT2D eigenvalue weighted by atomic mass is 16.6. The van der Waals surface area contributed by atoms with Crippen molar-refractivity contribution in [3.63, 3.8) is 0 Å². The van der Waals surface area contributed by atoms with Gasteiger partial charge in [-0.15, -0.1) is 0 Å². The van der Waals surface area contributed by atoms with Crippen molar-refractivity contribution in [1.29, 1.82) is 0 Å². The van der Waals surface area contributed by atoms with Gasteiger partial charge in [-0.05, 0) is 38.7 Å². The lowest BCUT2D eigenvalue weighted by Crippen LogP contribution is -2.35. The third kappa shape index (κ3) is 4.71. The fourth-order valence-corrected chi connectivity index (χ4v) is 2.78. The molecule has 1 aliphatic heterocycles. The molecule has 0 aromatic heterocycles. The summed E-state index contributed by atoms with van der Waals surface area (Å²) in [5.74, 6) is -0.167. The molecule has 0 radical (unpaired) electrons. The SMILES string of the molecule is CCOC(=O)C1(C)CCCN(C(=O)OCc2ccccc2)CC1. The summed E-state index contributed by atoms with van der Waals surface area (Å²) in [6.07, 6.45) is 1.79. The molecule has 0 N–H and O–H groups in total. The number of nitrogens with zero attached hydrogens (tertiary/aromatic N) is 1. The number of carbonyl (C=O) groups excluding carboxylic acids is 2. The Bertz CT molecular complexity index is 531. The minimum absolute atomic E-state index is 0.167. The van der Waals surface area contributed by atoms with E-state index in [1.807, 2.05) is 44.2 Å². The molecule has 1 heterocycles. The van der Waals surface area contributed by atoms with Crippen LogP contribution in [0.1, 0.15) is 38.7 Å². The summed E-state index contributed by atoms with van der Waals surface area (Å²) < 4.78 is 10.5. The lowest BCUT2D eigenvalue weighted by atomic mass is 9.83. The summed E-state index contributed by atoms with van der Waals surface area (Å²) in [7, 11) is 0. The van der Waals surface area contributed by atoms with E-state index in [0.717, 1.165) is 18.4 Å². The van der Waals surface area contributed by atoms with E-state index in [-0.39, 0.29) is 18.7 Å². The van der Waals surface area contributed by atoms with Crippen LogP contribution in [0.3, 0.4) is 0 Å². The molecule has 23 heavy (non-hydrogen) atoms. The van der Waals surface area contributed by atoms with E-state index in [1.165, 1.54) is 0 Å². The average molecular weight is 319 g/mol. The number of amides is 1. The number of rotatable bonds is 4. The molecule has 1 saturated heterocycles. The fourth-order valence-electron chi connectivity index (χ4n) is 2.78. The third-order valence-electron chi connectivity index (χ3n) is 4.32. The highest BCUT2D eigenvalue weighted by Crippen LogP contribution is 2.32. The molecule has 1 aromatic rings. The topological polar surface area (TPSA) is 55.8 Å². The van der Waals surface area contributed by atoms with Crippen molar-refractivity contribution in [2.45, 2.75) is 39.7 Å². The van der Waals surface area contributed by atoms with Gasteiger partial charge in [-0.2, -0.15) is 0 Å². The zero-order valence-electron chi connectivity index (χ0n) is 13.9. The van der Waals surface area contributed by atoms with Crippen LogP contribution in [-0.4, -0.2) is 36.7 Å². The number of likely N-dealkylation sites (tertiary alicyclic amines) is 1. The van der Waals surface area contributed by atoms with Crippen LogP contribution < -0.4 is 0 Å². The molecule has 0 spiro atoms. The van der Waals surface area contributed by atoms with Gasteiger partial charge in [0, 0.05) is 13.1 Å². The van der Waals surface area contributed by atoms with Gasteiger partial charge in [-0.1, -0.05) is 30.3 Å². The Kier molecular flexibility index (Phi) is 6.02. The Balaban J connectivity index is 1.87. The van der Waals surface area contributed by atoms with Crippen molar-refractivity contribution in [3.8, 4) is 0 Å². The molecular weight excluding hydrogens is 294 g/mol. The standard InChI is InChI=1S/C18H25NO4/c1-3-22-16(20)18(2)10-7-12-19(13-11-18)17(21)23-14-15-8-5-4-6-9-15/h4-6,8-9H,3,7,10-14H2,1-2H3. The van der Waals surface area contributed by atoms with E-state index in [1.54, 1.807) is 4.90 Å². The van der Waals surface area contributed by atoms with Crippen LogP contribution in [-0.2, 0) is 20.9 Å². The van der Waals surface area contributed by atoms with Crippen LogP contribution in [0.5, 0.6) is 0 Å². The molecule has 1 unspecified atom stereocenters. The molecule has 5 heteroatoms. The van der Waals surface area contributed by atoms with Gasteiger partial charge in [-0.3, -0.25) is 4.79 Å². The first-order chi connectivity index (χ1) is 11.0. The van der Waals surface area contributed by atoms with Crippen molar-refractivity contribution in [2.24, 2.45) is 5.41 Å². The van der Waals surface area contributed by atoms with E-state index in [2.05, 4.69) is 0 Å². The molecule has 126 valence electrons. The van der Waals surface area contributed by atoms with Crippen molar-refractivity contribution < 1.29 is 19.1 Å². The van der Waals surface area contributed by atoms with Gasteiger partial charge in [0.2, 0.25) is 0 Å². The zero-order valence-corrected chi connectivity index (χ0v) is 13.9. The number of esters is 1. The highest BCUT2D eigenvalue weighted by Gasteiger charge is 2.37. The predicted octanol–water partition coefficient (Wildman–Crippen LogP) is 3.38. The Hall–Kier alpha value is -2.04. The molecular formula is C18H25NO4. The van der Waals surface area contributed by atoms with Crippen LogP contribution in [0.25, 0.3) is 0 Å². The van der Waals surface area contributed by atoms with Gasteiger partial charge in [0.1, 0.15) is 6.61 Å². The number of hydrogen-bond donors (Lipinski definition) is 0. The summed E-state index contributed by atoms with van der Waals surface area (Å²) in [4.78, 5) is 26.0. The Morgan fingerprint density at radius 2 is 1.87 bits per heavy atom. The van der Waals surface area contributed by atoms with Gasteiger partial charge >= 0.3 is 12.1 Å². The number of carbonyl (C=O) groups is 2. The van der Waals surface area contributed by atoms with Gasteiger partial charge in [0.25, 0.3) is 0 Å². The summed E-state index contributed by atoms with van der Waals surface area (Å²) in [5.41, 5.74) is 0.455. The van der Waals surface area contributed by atoms with Crippen molar-refractivity contribution >= 4 is 12.1 Å². The molecule has 0 bridgehead atoms. The van der Waals surface area contributed by atoms with E-state index in [4.69, 9.17) is 9.47 Å². The average Bonchev–Trinajstić information content (AvgIpc) is 2.77. The van der Waals surface area contributed by atoms with Crippen LogP contribution in [0, 0.1) is 5.41 Å². The van der Waals surface area contributed by atoms with Crippen LogP contribution in [0.2, 0.25) is 0 Å². The molecule has 1 aromatic carbocycles. The first-order valence-electron chi connectivity index (χ1n) is 8.18. The maximum atomic E-state index is 12.2. The fraction of sp³-hybridized carbons (Fsp3) is 0.556. The second-order valence-electron chi connectivity index (χ2n) is 6.16. The monoisotopic (exact) mass is 319 g/mol. The van der Waals surface area contributed by atoms with Crippen LogP contribution >= 0.6 is 0 Å². The first kappa shape index (κ1) is 17.3. The van der Waals surface area contributed by atoms with Crippen molar-refractivity contribution in [1.82, 2.24) is 4.90 Å². The summed E-state index contributed by atoms with van der Waals surface area (Å²) >= 11 is 0. The van der Waals surface area contributed by atoms with E-state index < -0.39 is 5.41 Å². The molecule has 1 atom stereocenters. The first-order valence-corrected chi connectivity index (χ1v) is 8.18. The second kappa shape index (κ2) is 7.99. The van der Waals surface area contributed by atoms with Gasteiger partial charge < -0.3 is 14.4 Å². The van der Waals surface area contributed by atoms with Crippen molar-refractivity contribution in [2.75, 3.05) is 19.7 Å². The largest absolute Gasteiger partial charge is 0.466 e. The van der Waals surface area contributed by atoms with E-state index >= 15 is 0 Å². The van der Waals surface area contributed by atoms with Crippen molar-refractivity contribution in [3.05, 3.63) is 35.9 Å². The van der Waals surface area contributed by atoms with E-state index in [0.29, 0.717) is 26.1 Å².